The summed E-state index contributed by atoms with van der Waals surface area (Å²) in [6.07, 6.45) is 1.76. The van der Waals surface area contributed by atoms with Crippen molar-refractivity contribution in [3.8, 4) is 28.6 Å². The predicted octanol–water partition coefficient (Wildman–Crippen LogP) is 4.60. The van der Waals surface area contributed by atoms with E-state index in [1.54, 1.807) is 20.3 Å². The molecule has 0 N–H and O–H groups in total. The van der Waals surface area contributed by atoms with Crippen LogP contribution in [0.5, 0.6) is 17.2 Å². The Morgan fingerprint density at radius 2 is 1.85 bits per heavy atom. The second-order valence-corrected chi connectivity index (χ2v) is 5.79. The van der Waals surface area contributed by atoms with Crippen LogP contribution in [0.15, 0.2) is 64.5 Å². The van der Waals surface area contributed by atoms with Gasteiger partial charge in [0, 0.05) is 17.0 Å². The third-order valence-electron chi connectivity index (χ3n) is 4.08. The maximum Gasteiger partial charge on any atom is 0.161 e. The van der Waals surface area contributed by atoms with Crippen LogP contribution in [0, 0.1) is 0 Å². The number of nitrogens with zero attached hydrogens (tertiary/aromatic N) is 1. The zero-order valence-corrected chi connectivity index (χ0v) is 15.8. The Morgan fingerprint density at radius 1 is 1.04 bits per heavy atom. The van der Waals surface area contributed by atoms with Gasteiger partial charge in [0.05, 0.1) is 32.7 Å². The summed E-state index contributed by atoms with van der Waals surface area (Å²) < 4.78 is 22.5. The molecule has 0 unspecified atom stereocenters. The van der Waals surface area contributed by atoms with Crippen molar-refractivity contribution in [3.63, 3.8) is 0 Å². The molecular formula is C22H23NO4. The largest absolute Gasteiger partial charge is 0.494 e. The van der Waals surface area contributed by atoms with Crippen molar-refractivity contribution < 1.29 is 18.6 Å². The topological polar surface area (TPSA) is 53.2 Å². The van der Waals surface area contributed by atoms with Crippen molar-refractivity contribution in [3.05, 3.63) is 60.5 Å². The molecule has 0 fully saturated rings. The fourth-order valence-electron chi connectivity index (χ4n) is 2.83. The average molecular weight is 365 g/mol. The minimum absolute atomic E-state index is 0.517. The van der Waals surface area contributed by atoms with Gasteiger partial charge in [-0.2, -0.15) is 0 Å². The van der Waals surface area contributed by atoms with E-state index < -0.39 is 0 Å². The molecule has 0 spiro atoms. The highest BCUT2D eigenvalue weighted by Crippen LogP contribution is 2.33. The van der Waals surface area contributed by atoms with Gasteiger partial charge in [0.15, 0.2) is 11.5 Å². The molecule has 1 aromatic heterocycles. The first-order chi connectivity index (χ1) is 13.2. The molecule has 3 aromatic rings. The van der Waals surface area contributed by atoms with Gasteiger partial charge in [0.25, 0.3) is 0 Å². The first kappa shape index (κ1) is 18.6. The van der Waals surface area contributed by atoms with Crippen molar-refractivity contribution in [2.24, 2.45) is 4.99 Å². The smallest absolute Gasteiger partial charge is 0.161 e. The summed E-state index contributed by atoms with van der Waals surface area (Å²) in [6.45, 7) is 6.83. The highest BCUT2D eigenvalue weighted by molar-refractivity contribution is 5.80. The van der Waals surface area contributed by atoms with E-state index in [4.69, 9.17) is 18.6 Å². The lowest BCUT2D eigenvalue weighted by Crippen LogP contribution is -2.05. The second kappa shape index (κ2) is 8.45. The van der Waals surface area contributed by atoms with Gasteiger partial charge in [-0.1, -0.05) is 6.08 Å². The lowest BCUT2D eigenvalue weighted by molar-refractivity contribution is 0.340. The summed E-state index contributed by atoms with van der Waals surface area (Å²) in [4.78, 5) is 4.63. The molecule has 0 aliphatic rings. The van der Waals surface area contributed by atoms with Gasteiger partial charge in [-0.3, -0.25) is 4.99 Å². The molecule has 0 atom stereocenters. The van der Waals surface area contributed by atoms with Crippen molar-refractivity contribution >= 4 is 11.0 Å². The predicted molar refractivity (Wildman–Crippen MR) is 107 cm³/mol. The van der Waals surface area contributed by atoms with E-state index in [0.717, 1.165) is 27.6 Å². The van der Waals surface area contributed by atoms with Gasteiger partial charge in [-0.15, -0.1) is 6.58 Å². The molecular weight excluding hydrogens is 342 g/mol. The Morgan fingerprint density at radius 3 is 2.56 bits per heavy atom. The fourth-order valence-corrected chi connectivity index (χ4v) is 2.83. The highest BCUT2D eigenvalue weighted by Gasteiger charge is 2.11. The summed E-state index contributed by atoms with van der Waals surface area (Å²) in [5.74, 6) is 2.78. The van der Waals surface area contributed by atoms with Crippen LogP contribution in [0.2, 0.25) is 0 Å². The van der Waals surface area contributed by atoms with E-state index >= 15 is 0 Å². The number of hydrogen-bond donors (Lipinski definition) is 0. The number of benzene rings is 2. The van der Waals surface area contributed by atoms with Gasteiger partial charge >= 0.3 is 0 Å². The normalized spacial score (nSPS) is 11.4. The van der Waals surface area contributed by atoms with Crippen LogP contribution in [-0.2, 0) is 0 Å². The summed E-state index contributed by atoms with van der Waals surface area (Å²) in [6, 6.07) is 13.3. The molecule has 0 saturated carbocycles. The Hall–Kier alpha value is -3.21. The number of hydrogen-bond acceptors (Lipinski definition) is 5. The van der Waals surface area contributed by atoms with Crippen molar-refractivity contribution in [1.82, 2.24) is 0 Å². The lowest BCUT2D eigenvalue weighted by atomic mass is 10.1. The first-order valence-corrected chi connectivity index (χ1v) is 8.74. The molecule has 1 heterocycles. The Kier molecular flexibility index (Phi) is 5.81. The molecule has 0 amide bonds. The molecule has 5 nitrogen and oxygen atoms in total. The SMILES string of the molecule is C=CCN=c1cc(-c2ccc(OC)c(OC)c2)oc2ccc(OCC)cc12. The zero-order chi connectivity index (χ0) is 19.2. The Bertz CT molecular complexity index is 1020. The van der Waals surface area contributed by atoms with Gasteiger partial charge in [0.1, 0.15) is 17.1 Å². The van der Waals surface area contributed by atoms with Crippen molar-refractivity contribution in [2.75, 3.05) is 27.4 Å². The number of ether oxygens (including phenoxy) is 3. The van der Waals surface area contributed by atoms with Crippen LogP contribution in [-0.4, -0.2) is 27.4 Å². The molecule has 0 bridgehead atoms. The van der Waals surface area contributed by atoms with E-state index in [1.807, 2.05) is 49.4 Å². The van der Waals surface area contributed by atoms with Crippen LogP contribution < -0.4 is 19.6 Å². The summed E-state index contributed by atoms with van der Waals surface area (Å²) >= 11 is 0. The van der Waals surface area contributed by atoms with Gasteiger partial charge in [0.2, 0.25) is 0 Å². The maximum atomic E-state index is 6.14. The minimum Gasteiger partial charge on any atom is -0.494 e. The van der Waals surface area contributed by atoms with Crippen LogP contribution in [0.1, 0.15) is 6.92 Å². The molecule has 0 aliphatic carbocycles. The van der Waals surface area contributed by atoms with E-state index in [9.17, 15) is 0 Å². The molecule has 0 aliphatic heterocycles. The van der Waals surface area contributed by atoms with Crippen LogP contribution in [0.3, 0.4) is 0 Å². The second-order valence-electron chi connectivity index (χ2n) is 5.79. The number of methoxy groups -OCH3 is 2. The third-order valence-corrected chi connectivity index (χ3v) is 4.08. The number of fused-ring (bicyclic) bond motifs is 1. The highest BCUT2D eigenvalue weighted by atomic mass is 16.5. The molecule has 5 heteroatoms. The first-order valence-electron chi connectivity index (χ1n) is 8.74. The van der Waals surface area contributed by atoms with E-state index in [2.05, 4.69) is 11.6 Å². The van der Waals surface area contributed by atoms with Crippen LogP contribution in [0.4, 0.5) is 0 Å². The molecule has 140 valence electrons. The lowest BCUT2D eigenvalue weighted by Gasteiger charge is -2.10. The van der Waals surface area contributed by atoms with Crippen LogP contribution in [0.25, 0.3) is 22.3 Å². The number of rotatable bonds is 7. The third kappa shape index (κ3) is 3.97. The van der Waals surface area contributed by atoms with Gasteiger partial charge in [-0.05, 0) is 43.3 Å². The van der Waals surface area contributed by atoms with E-state index in [1.165, 1.54) is 0 Å². The van der Waals surface area contributed by atoms with E-state index in [0.29, 0.717) is 30.4 Å². The molecule has 3 rings (SSSR count). The van der Waals surface area contributed by atoms with Gasteiger partial charge < -0.3 is 18.6 Å². The molecule has 0 radical (unpaired) electrons. The van der Waals surface area contributed by atoms with E-state index in [-0.39, 0.29) is 0 Å². The molecule has 0 saturated heterocycles. The van der Waals surface area contributed by atoms with Crippen LogP contribution >= 0.6 is 0 Å². The zero-order valence-electron chi connectivity index (χ0n) is 15.8. The van der Waals surface area contributed by atoms with Crippen molar-refractivity contribution in [2.45, 2.75) is 6.92 Å². The van der Waals surface area contributed by atoms with Crippen molar-refractivity contribution in [1.29, 1.82) is 0 Å². The molecule has 2 aromatic carbocycles. The fraction of sp³-hybridized carbons (Fsp3) is 0.227. The minimum atomic E-state index is 0.517. The quantitative estimate of drug-likeness (QED) is 0.574. The molecule has 27 heavy (non-hydrogen) atoms. The monoisotopic (exact) mass is 365 g/mol. The standard InChI is InChI=1S/C22H23NO4/c1-5-11-23-18-14-21(15-7-9-20(24-3)22(12-15)25-4)27-19-10-8-16(26-6-2)13-17(18)19/h5,7-10,12-14H,1,6,11H2,2-4H3. The maximum absolute atomic E-state index is 6.14. The Balaban J connectivity index is 2.20. The summed E-state index contributed by atoms with van der Waals surface area (Å²) in [5.41, 5.74) is 1.60. The summed E-state index contributed by atoms with van der Waals surface area (Å²) in [5, 5.41) is 1.72. The average Bonchev–Trinajstić information content (AvgIpc) is 2.71. The van der Waals surface area contributed by atoms with Gasteiger partial charge in [-0.25, -0.2) is 0 Å². The summed E-state index contributed by atoms with van der Waals surface area (Å²) in [7, 11) is 3.22. The Labute approximate surface area is 158 Å².